The van der Waals surface area contributed by atoms with Gasteiger partial charge in [-0.25, -0.2) is 0 Å². The molecule has 0 aliphatic carbocycles. The van der Waals surface area contributed by atoms with Crippen molar-refractivity contribution >= 4 is 109 Å². The van der Waals surface area contributed by atoms with E-state index in [1.54, 1.807) is 0 Å². The van der Waals surface area contributed by atoms with Crippen molar-refractivity contribution in [3.63, 3.8) is 0 Å². The highest BCUT2D eigenvalue weighted by Gasteiger charge is 2.16. The summed E-state index contributed by atoms with van der Waals surface area (Å²) in [5.74, 6) is 0. The van der Waals surface area contributed by atoms with Gasteiger partial charge in [0.2, 0.25) is 0 Å². The normalized spacial score (nSPS) is 12.4. The van der Waals surface area contributed by atoms with Gasteiger partial charge in [0.25, 0.3) is 0 Å². The summed E-state index contributed by atoms with van der Waals surface area (Å²) in [7, 11) is 0. The Kier molecular flexibility index (Phi) is 5.32. The van der Waals surface area contributed by atoms with Crippen molar-refractivity contribution in [2.75, 3.05) is 0 Å². The molecular formula is C46H24Cl2. The Bertz CT molecular complexity index is 2790. The lowest BCUT2D eigenvalue weighted by atomic mass is 9.90. The summed E-state index contributed by atoms with van der Waals surface area (Å²) in [6, 6.07) is 53.1. The van der Waals surface area contributed by atoms with Crippen LogP contribution in [0.25, 0.3) is 108 Å². The van der Waals surface area contributed by atoms with E-state index < -0.39 is 0 Å². The third-order valence-electron chi connectivity index (χ3n) is 10.6. The molecular weight excluding hydrogens is 623 g/mol. The van der Waals surface area contributed by atoms with Gasteiger partial charge in [0.05, 0.1) is 0 Å². The standard InChI is InChI=1S/C46H24Cl2/c47-41-23-37-29(21-39(41)35-17-31-13-7-25-3-1-4-26-8-14-32(18-35)45(31)43(25)26)11-12-30-22-40(42(48)24-38(30)37)36-19-33-15-9-27-5-2-6-28-10-16-34(20-36)46(33)44(27)28/h1-24H. The largest absolute Gasteiger partial charge is 0.0836 e. The third kappa shape index (κ3) is 3.68. The maximum atomic E-state index is 7.14. The minimum Gasteiger partial charge on any atom is -0.0836 e. The van der Waals surface area contributed by atoms with Crippen molar-refractivity contribution in [3.05, 3.63) is 156 Å². The Morgan fingerprint density at radius 1 is 0.271 bits per heavy atom. The van der Waals surface area contributed by atoms with Crippen molar-refractivity contribution in [2.24, 2.45) is 0 Å². The summed E-state index contributed by atoms with van der Waals surface area (Å²) in [5, 5.41) is 21.2. The Balaban J connectivity index is 1.06. The van der Waals surface area contributed by atoms with Crippen LogP contribution < -0.4 is 0 Å². The minimum absolute atomic E-state index is 0.732. The van der Waals surface area contributed by atoms with Crippen LogP contribution in [0.1, 0.15) is 0 Å². The number of halogens is 2. The quantitative estimate of drug-likeness (QED) is 0.164. The maximum Gasteiger partial charge on any atom is 0.0491 e. The first-order chi connectivity index (χ1) is 23.6. The van der Waals surface area contributed by atoms with Crippen LogP contribution in [-0.4, -0.2) is 0 Å². The van der Waals surface area contributed by atoms with E-state index in [0.717, 1.165) is 53.8 Å². The van der Waals surface area contributed by atoms with Gasteiger partial charge in [0.15, 0.2) is 0 Å². The van der Waals surface area contributed by atoms with E-state index in [4.69, 9.17) is 23.2 Å². The van der Waals surface area contributed by atoms with E-state index in [9.17, 15) is 0 Å². The van der Waals surface area contributed by atoms with Crippen LogP contribution in [-0.2, 0) is 0 Å². The molecule has 2 heteroatoms. The summed E-state index contributed by atoms with van der Waals surface area (Å²) >= 11 is 14.3. The zero-order valence-corrected chi connectivity index (χ0v) is 27.1. The fourth-order valence-electron chi connectivity index (χ4n) is 8.36. The van der Waals surface area contributed by atoms with E-state index in [-0.39, 0.29) is 0 Å². The second-order valence-corrected chi connectivity index (χ2v) is 14.0. The van der Waals surface area contributed by atoms with Crippen LogP contribution in [0.2, 0.25) is 10.0 Å². The first-order valence-electron chi connectivity index (χ1n) is 16.3. The number of benzene rings is 11. The molecule has 0 N–H and O–H groups in total. The van der Waals surface area contributed by atoms with Crippen LogP contribution in [0.4, 0.5) is 0 Å². The van der Waals surface area contributed by atoms with Crippen LogP contribution >= 0.6 is 23.2 Å². The van der Waals surface area contributed by atoms with Gasteiger partial charge in [0.1, 0.15) is 0 Å². The predicted molar refractivity (Wildman–Crippen MR) is 210 cm³/mol. The highest BCUT2D eigenvalue weighted by molar-refractivity contribution is 6.37. The molecule has 11 rings (SSSR count). The van der Waals surface area contributed by atoms with E-state index in [0.29, 0.717) is 0 Å². The highest BCUT2D eigenvalue weighted by Crippen LogP contribution is 2.43. The van der Waals surface area contributed by atoms with Crippen LogP contribution in [0.5, 0.6) is 0 Å². The lowest BCUT2D eigenvalue weighted by molar-refractivity contribution is 1.68. The molecule has 0 atom stereocenters. The molecule has 0 aliphatic heterocycles. The zero-order valence-electron chi connectivity index (χ0n) is 25.6. The fourth-order valence-corrected chi connectivity index (χ4v) is 8.91. The van der Waals surface area contributed by atoms with Gasteiger partial charge in [-0.2, -0.15) is 0 Å². The Morgan fingerprint density at radius 2 is 0.562 bits per heavy atom. The predicted octanol–water partition coefficient (Wildman–Crippen LogP) is 14.4. The van der Waals surface area contributed by atoms with Crippen molar-refractivity contribution < 1.29 is 0 Å². The lowest BCUT2D eigenvalue weighted by Gasteiger charge is -2.15. The second kappa shape index (κ2) is 9.58. The molecule has 0 radical (unpaired) electrons. The van der Waals surface area contributed by atoms with Crippen molar-refractivity contribution in [1.82, 2.24) is 0 Å². The molecule has 11 aromatic carbocycles. The molecule has 0 fully saturated rings. The van der Waals surface area contributed by atoms with Crippen molar-refractivity contribution in [1.29, 1.82) is 0 Å². The zero-order chi connectivity index (χ0) is 31.7. The topological polar surface area (TPSA) is 0 Å². The number of rotatable bonds is 2. The number of hydrogen-bond donors (Lipinski definition) is 0. The van der Waals surface area contributed by atoms with Gasteiger partial charge < -0.3 is 0 Å². The molecule has 0 saturated heterocycles. The Labute approximate surface area is 286 Å². The average molecular weight is 648 g/mol. The van der Waals surface area contributed by atoms with Gasteiger partial charge in [-0.3, -0.25) is 0 Å². The van der Waals surface area contributed by atoms with Crippen LogP contribution in [0.15, 0.2) is 146 Å². The van der Waals surface area contributed by atoms with Gasteiger partial charge in [-0.15, -0.1) is 0 Å². The first-order valence-corrected chi connectivity index (χ1v) is 17.0. The van der Waals surface area contributed by atoms with Crippen molar-refractivity contribution in [2.45, 2.75) is 0 Å². The molecule has 222 valence electrons. The summed E-state index contributed by atoms with van der Waals surface area (Å²) in [6.45, 7) is 0. The molecule has 11 aromatic rings. The molecule has 0 amide bonds. The second-order valence-electron chi connectivity index (χ2n) is 13.2. The average Bonchev–Trinajstić information content (AvgIpc) is 3.12. The van der Waals surface area contributed by atoms with E-state index >= 15 is 0 Å². The molecule has 0 heterocycles. The minimum atomic E-state index is 0.732. The summed E-state index contributed by atoms with van der Waals surface area (Å²) < 4.78 is 0. The summed E-state index contributed by atoms with van der Waals surface area (Å²) in [5.41, 5.74) is 4.31. The third-order valence-corrected chi connectivity index (χ3v) is 11.2. The molecule has 0 bridgehead atoms. The first kappa shape index (κ1) is 26.6. The van der Waals surface area contributed by atoms with Crippen molar-refractivity contribution in [3.8, 4) is 22.3 Å². The highest BCUT2D eigenvalue weighted by atomic mass is 35.5. The lowest BCUT2D eigenvalue weighted by Crippen LogP contribution is -1.89. The van der Waals surface area contributed by atoms with Gasteiger partial charge in [0, 0.05) is 21.2 Å². The number of hydrogen-bond acceptors (Lipinski definition) is 0. The monoisotopic (exact) mass is 646 g/mol. The SMILES string of the molecule is Clc1cc2c(ccc3cc(-c4cc5ccc6cccc7ccc(c4)c5c67)c(Cl)cc32)cc1-c1cc2ccc3cccc4ccc(c1)c2c34. The molecule has 0 aromatic heterocycles. The molecule has 0 saturated carbocycles. The van der Waals surface area contributed by atoms with E-state index in [1.165, 1.54) is 64.6 Å². The van der Waals surface area contributed by atoms with Gasteiger partial charge in [-0.1, -0.05) is 120 Å². The molecule has 48 heavy (non-hydrogen) atoms. The smallest absolute Gasteiger partial charge is 0.0491 e. The molecule has 0 unspecified atom stereocenters. The Morgan fingerprint density at radius 3 is 0.917 bits per heavy atom. The fraction of sp³-hybridized carbons (Fsp3) is 0. The molecule has 0 nitrogen and oxygen atoms in total. The summed E-state index contributed by atoms with van der Waals surface area (Å²) in [4.78, 5) is 0. The maximum absolute atomic E-state index is 7.14. The van der Waals surface area contributed by atoms with Gasteiger partial charge >= 0.3 is 0 Å². The van der Waals surface area contributed by atoms with Crippen LogP contribution in [0, 0.1) is 0 Å². The molecule has 0 spiro atoms. The van der Waals surface area contributed by atoms with E-state index in [1.807, 2.05) is 0 Å². The number of fused-ring (bicyclic) bond motifs is 3. The Hall–Kier alpha value is -5.40. The van der Waals surface area contributed by atoms with Crippen LogP contribution in [0.3, 0.4) is 0 Å². The van der Waals surface area contributed by atoms with E-state index in [2.05, 4.69) is 146 Å². The molecule has 0 aliphatic rings. The van der Waals surface area contributed by atoms with Gasteiger partial charge in [-0.05, 0) is 146 Å². The summed E-state index contributed by atoms with van der Waals surface area (Å²) in [6.07, 6.45) is 0.